The van der Waals surface area contributed by atoms with Crippen LogP contribution in [-0.2, 0) is 9.84 Å². The summed E-state index contributed by atoms with van der Waals surface area (Å²) in [5.74, 6) is 1.53. The largest absolute Gasteiger partial charge is 0.314 e. The molecule has 2 saturated heterocycles. The van der Waals surface area contributed by atoms with Crippen molar-refractivity contribution in [2.45, 2.75) is 38.6 Å². The fraction of sp³-hybridized carbons (Fsp3) is 1.00. The van der Waals surface area contributed by atoms with E-state index in [0.717, 1.165) is 25.3 Å². The molecule has 2 heterocycles. The van der Waals surface area contributed by atoms with E-state index in [-0.39, 0.29) is 0 Å². The summed E-state index contributed by atoms with van der Waals surface area (Å²) in [4.78, 5) is 2.50. The molecule has 2 rings (SSSR count). The predicted octanol–water partition coefficient (Wildman–Crippen LogP) is 0.885. The zero-order valence-corrected chi connectivity index (χ0v) is 12.2. The fourth-order valence-electron chi connectivity index (χ4n) is 2.93. The third-order valence-corrected chi connectivity index (χ3v) is 6.12. The van der Waals surface area contributed by atoms with Gasteiger partial charge in [-0.15, -0.1) is 0 Å². The van der Waals surface area contributed by atoms with Crippen LogP contribution in [0.4, 0.5) is 0 Å². The third kappa shape index (κ3) is 4.21. The molecule has 0 aromatic rings. The minimum absolute atomic E-state index is 0.374. The van der Waals surface area contributed by atoms with E-state index >= 15 is 0 Å². The summed E-state index contributed by atoms with van der Waals surface area (Å²) in [5, 5.41) is 3.58. The lowest BCUT2D eigenvalue weighted by Crippen LogP contribution is -2.42. The highest BCUT2D eigenvalue weighted by Crippen LogP contribution is 2.18. The van der Waals surface area contributed by atoms with Gasteiger partial charge >= 0.3 is 0 Å². The smallest absolute Gasteiger partial charge is 0.150 e. The summed E-state index contributed by atoms with van der Waals surface area (Å²) in [6.45, 7) is 6.91. The lowest BCUT2D eigenvalue weighted by molar-refractivity contribution is 0.187. The van der Waals surface area contributed by atoms with Gasteiger partial charge < -0.3 is 10.2 Å². The van der Waals surface area contributed by atoms with Crippen molar-refractivity contribution in [1.29, 1.82) is 0 Å². The van der Waals surface area contributed by atoms with Crippen LogP contribution in [0.2, 0.25) is 0 Å². The Kier molecular flexibility index (Phi) is 5.04. The van der Waals surface area contributed by atoms with Crippen molar-refractivity contribution in [3.8, 4) is 0 Å². The van der Waals surface area contributed by atoms with Crippen molar-refractivity contribution in [1.82, 2.24) is 10.2 Å². The quantitative estimate of drug-likeness (QED) is 0.827. The summed E-state index contributed by atoms with van der Waals surface area (Å²) >= 11 is 0. The molecular weight excluding hydrogens is 248 g/mol. The standard InChI is InChI=1S/C13H26N2O2S/c1-2-15-7-3-12(4-8-15)11-14-13-5-9-18(16,17)10-6-13/h12-14H,2-11H2,1H3. The molecule has 18 heavy (non-hydrogen) atoms. The Morgan fingerprint density at radius 1 is 1.11 bits per heavy atom. The first kappa shape index (κ1) is 14.3. The molecule has 2 aliphatic heterocycles. The number of hydrogen-bond donors (Lipinski definition) is 1. The van der Waals surface area contributed by atoms with Gasteiger partial charge in [0.2, 0.25) is 0 Å². The molecule has 0 unspecified atom stereocenters. The van der Waals surface area contributed by atoms with Gasteiger partial charge in [-0.2, -0.15) is 0 Å². The topological polar surface area (TPSA) is 49.4 Å². The zero-order chi connectivity index (χ0) is 13.0. The van der Waals surface area contributed by atoms with Crippen LogP contribution in [0.1, 0.15) is 32.6 Å². The Morgan fingerprint density at radius 3 is 2.28 bits per heavy atom. The molecule has 2 fully saturated rings. The van der Waals surface area contributed by atoms with Crippen LogP contribution in [0.5, 0.6) is 0 Å². The maximum Gasteiger partial charge on any atom is 0.150 e. The molecule has 1 N–H and O–H groups in total. The average Bonchev–Trinajstić information content (AvgIpc) is 2.38. The van der Waals surface area contributed by atoms with Crippen LogP contribution in [0.3, 0.4) is 0 Å². The first-order valence-corrected chi connectivity index (χ1v) is 9.07. The van der Waals surface area contributed by atoms with E-state index < -0.39 is 9.84 Å². The molecule has 0 aromatic heterocycles. The van der Waals surface area contributed by atoms with Crippen LogP contribution in [0, 0.1) is 5.92 Å². The van der Waals surface area contributed by atoms with Gasteiger partial charge in [0.15, 0.2) is 0 Å². The minimum atomic E-state index is -2.72. The molecule has 4 nitrogen and oxygen atoms in total. The summed E-state index contributed by atoms with van der Waals surface area (Å²) in [5.41, 5.74) is 0. The third-order valence-electron chi connectivity index (χ3n) is 4.40. The lowest BCUT2D eigenvalue weighted by Gasteiger charge is -2.32. The number of nitrogens with zero attached hydrogens (tertiary/aromatic N) is 1. The van der Waals surface area contributed by atoms with Crippen molar-refractivity contribution in [2.75, 3.05) is 37.7 Å². The van der Waals surface area contributed by atoms with E-state index in [1.165, 1.54) is 32.5 Å². The number of rotatable bonds is 4. The van der Waals surface area contributed by atoms with Gasteiger partial charge in [-0.1, -0.05) is 6.92 Å². The lowest BCUT2D eigenvalue weighted by atomic mass is 9.96. The molecule has 2 aliphatic rings. The highest BCUT2D eigenvalue weighted by Gasteiger charge is 2.24. The Bertz CT molecular complexity index is 334. The van der Waals surface area contributed by atoms with E-state index in [9.17, 15) is 8.42 Å². The van der Waals surface area contributed by atoms with Gasteiger partial charge in [0, 0.05) is 6.04 Å². The van der Waals surface area contributed by atoms with Crippen LogP contribution >= 0.6 is 0 Å². The number of likely N-dealkylation sites (tertiary alicyclic amines) is 1. The maximum atomic E-state index is 11.3. The second-order valence-corrected chi connectivity index (χ2v) is 8.02. The average molecular weight is 274 g/mol. The van der Waals surface area contributed by atoms with Crippen molar-refractivity contribution in [2.24, 2.45) is 5.92 Å². The van der Waals surface area contributed by atoms with Gasteiger partial charge in [-0.05, 0) is 57.8 Å². The Hall–Kier alpha value is -0.130. The van der Waals surface area contributed by atoms with Gasteiger partial charge in [-0.25, -0.2) is 8.42 Å². The summed E-state index contributed by atoms with van der Waals surface area (Å²) in [6, 6.07) is 0.428. The first-order chi connectivity index (χ1) is 8.59. The van der Waals surface area contributed by atoms with Crippen LogP contribution in [0.15, 0.2) is 0 Å². The maximum absolute atomic E-state index is 11.3. The molecule has 0 aliphatic carbocycles. The van der Waals surface area contributed by atoms with Crippen LogP contribution in [-0.4, -0.2) is 57.0 Å². The van der Waals surface area contributed by atoms with Crippen molar-refractivity contribution in [3.05, 3.63) is 0 Å². The molecule has 0 aromatic carbocycles. The minimum Gasteiger partial charge on any atom is -0.314 e. The number of sulfone groups is 1. The number of hydrogen-bond acceptors (Lipinski definition) is 4. The Labute approximate surface area is 111 Å². The Balaban J connectivity index is 1.64. The molecular formula is C13H26N2O2S. The SMILES string of the molecule is CCN1CCC(CNC2CCS(=O)(=O)CC2)CC1. The van der Waals surface area contributed by atoms with E-state index in [1.54, 1.807) is 0 Å². The van der Waals surface area contributed by atoms with Crippen molar-refractivity contribution in [3.63, 3.8) is 0 Å². The first-order valence-electron chi connectivity index (χ1n) is 7.25. The zero-order valence-electron chi connectivity index (χ0n) is 11.4. The van der Waals surface area contributed by atoms with Gasteiger partial charge in [0.1, 0.15) is 9.84 Å². The summed E-state index contributed by atoms with van der Waals surface area (Å²) < 4.78 is 22.7. The van der Waals surface area contributed by atoms with Gasteiger partial charge in [0.05, 0.1) is 11.5 Å². The van der Waals surface area contributed by atoms with Gasteiger partial charge in [0.25, 0.3) is 0 Å². The molecule has 0 bridgehead atoms. The van der Waals surface area contributed by atoms with E-state index in [2.05, 4.69) is 17.1 Å². The Morgan fingerprint density at radius 2 is 1.72 bits per heavy atom. The molecule has 0 saturated carbocycles. The molecule has 106 valence electrons. The molecule has 0 radical (unpaired) electrons. The van der Waals surface area contributed by atoms with Gasteiger partial charge in [-0.3, -0.25) is 0 Å². The molecule has 0 atom stereocenters. The van der Waals surface area contributed by atoms with E-state index in [4.69, 9.17) is 0 Å². The molecule has 0 amide bonds. The molecule has 0 spiro atoms. The highest BCUT2D eigenvalue weighted by molar-refractivity contribution is 7.91. The monoisotopic (exact) mass is 274 g/mol. The fourth-order valence-corrected chi connectivity index (χ4v) is 4.43. The second kappa shape index (κ2) is 6.35. The predicted molar refractivity (Wildman–Crippen MR) is 74.5 cm³/mol. The van der Waals surface area contributed by atoms with Crippen LogP contribution in [0.25, 0.3) is 0 Å². The molecule has 5 heteroatoms. The van der Waals surface area contributed by atoms with Crippen molar-refractivity contribution >= 4 is 9.84 Å². The normalized spacial score (nSPS) is 27.4. The summed E-state index contributed by atoms with van der Waals surface area (Å²) in [7, 11) is -2.72. The number of nitrogens with one attached hydrogen (secondary N) is 1. The van der Waals surface area contributed by atoms with Crippen molar-refractivity contribution < 1.29 is 8.42 Å². The number of piperidine rings is 1. The van der Waals surface area contributed by atoms with E-state index in [1.807, 2.05) is 0 Å². The van der Waals surface area contributed by atoms with E-state index in [0.29, 0.717) is 17.5 Å². The van der Waals surface area contributed by atoms with Crippen LogP contribution < -0.4 is 5.32 Å². The highest BCUT2D eigenvalue weighted by atomic mass is 32.2. The second-order valence-electron chi connectivity index (χ2n) is 5.71. The summed E-state index contributed by atoms with van der Waals surface area (Å²) in [6.07, 6.45) is 4.17.